The summed E-state index contributed by atoms with van der Waals surface area (Å²) >= 11 is 0.495. The number of rotatable bonds is 6. The third-order valence-corrected chi connectivity index (χ3v) is 6.51. The fourth-order valence-corrected chi connectivity index (χ4v) is 5.61. The van der Waals surface area contributed by atoms with Crippen LogP contribution in [0.5, 0.6) is 0 Å². The van der Waals surface area contributed by atoms with Crippen molar-refractivity contribution >= 4 is 25.0 Å². The van der Waals surface area contributed by atoms with Gasteiger partial charge >= 0.3 is 134 Å². The molecule has 0 saturated heterocycles. The number of hydrogen-bond donors (Lipinski definition) is 0. The molecule has 1 aliphatic rings. The van der Waals surface area contributed by atoms with Crippen LogP contribution in [0.25, 0.3) is 5.57 Å². The van der Waals surface area contributed by atoms with E-state index in [0.717, 1.165) is 5.92 Å². The van der Waals surface area contributed by atoms with Gasteiger partial charge < -0.3 is 0 Å². The Hall–Kier alpha value is -1.30. The molecule has 1 unspecified atom stereocenters. The second-order valence-electron chi connectivity index (χ2n) is 5.66. The second-order valence-corrected chi connectivity index (χ2v) is 8.11. The minimum absolute atomic E-state index is 0.495. The fraction of sp³-hybridized carbons (Fsp3) is 0.300. The summed E-state index contributed by atoms with van der Waals surface area (Å²) in [7, 11) is 0. The Balaban J connectivity index is 1.84. The van der Waals surface area contributed by atoms with Crippen LogP contribution in [-0.4, -0.2) is 15.0 Å². The Morgan fingerprint density at radius 1 is 0.952 bits per heavy atom. The Morgan fingerprint density at radius 3 is 2.29 bits per heavy atom. The second kappa shape index (κ2) is 7.11. The van der Waals surface area contributed by atoms with Gasteiger partial charge in [0.1, 0.15) is 0 Å². The summed E-state index contributed by atoms with van der Waals surface area (Å²) in [6, 6.07) is 22.0. The Morgan fingerprint density at radius 2 is 1.62 bits per heavy atom. The van der Waals surface area contributed by atoms with Crippen LogP contribution < -0.4 is 4.46 Å². The van der Waals surface area contributed by atoms with Gasteiger partial charge in [0.25, 0.3) is 0 Å². The van der Waals surface area contributed by atoms with Crippen molar-refractivity contribution < 1.29 is 0 Å². The number of hydrogen-bond acceptors (Lipinski definition) is 0. The number of benzene rings is 2. The van der Waals surface area contributed by atoms with Gasteiger partial charge in [-0.3, -0.25) is 0 Å². The molecular weight excluding hydrogens is 319 g/mol. The molecule has 0 saturated carbocycles. The van der Waals surface area contributed by atoms with Crippen LogP contribution in [-0.2, 0) is 0 Å². The standard InChI is InChI=1S/C20H22Se/c1-2-3-10-17-15-19(21-18-13-8-5-9-14-18)20(17)16-11-6-4-7-12-16/h4-9,11-14,17H,2-3,10,15H2,1H3. The summed E-state index contributed by atoms with van der Waals surface area (Å²) in [5.41, 5.74) is 3.12. The molecule has 0 amide bonds. The van der Waals surface area contributed by atoms with E-state index >= 15 is 0 Å². The molecule has 1 aliphatic carbocycles. The summed E-state index contributed by atoms with van der Waals surface area (Å²) in [5, 5.41) is 0. The molecule has 1 heteroatoms. The maximum absolute atomic E-state index is 2.29. The van der Waals surface area contributed by atoms with Gasteiger partial charge in [0.15, 0.2) is 0 Å². The van der Waals surface area contributed by atoms with Crippen molar-refractivity contribution in [2.24, 2.45) is 5.92 Å². The third-order valence-electron chi connectivity index (χ3n) is 4.12. The summed E-state index contributed by atoms with van der Waals surface area (Å²) < 4.78 is 3.21. The Bertz CT molecular complexity index is 598. The van der Waals surface area contributed by atoms with Gasteiger partial charge in [-0.15, -0.1) is 0 Å². The van der Waals surface area contributed by atoms with Crippen molar-refractivity contribution in [3.05, 3.63) is 70.7 Å². The SMILES string of the molecule is CCCCC1CC([Se]c2ccccc2)=C1c1ccccc1. The van der Waals surface area contributed by atoms with E-state index in [9.17, 15) is 0 Å². The zero-order valence-electron chi connectivity index (χ0n) is 12.6. The van der Waals surface area contributed by atoms with Crippen LogP contribution in [0.3, 0.4) is 0 Å². The van der Waals surface area contributed by atoms with E-state index in [4.69, 9.17) is 0 Å². The van der Waals surface area contributed by atoms with Crippen LogP contribution in [0, 0.1) is 5.92 Å². The molecule has 0 aliphatic heterocycles. The van der Waals surface area contributed by atoms with E-state index in [1.165, 1.54) is 35.7 Å². The summed E-state index contributed by atoms with van der Waals surface area (Å²) in [5.74, 6) is 0.799. The fourth-order valence-electron chi connectivity index (χ4n) is 2.97. The van der Waals surface area contributed by atoms with E-state index in [1.54, 1.807) is 10.0 Å². The van der Waals surface area contributed by atoms with Gasteiger partial charge in [0.2, 0.25) is 0 Å². The zero-order valence-corrected chi connectivity index (χ0v) is 14.3. The predicted molar refractivity (Wildman–Crippen MR) is 92.8 cm³/mol. The third kappa shape index (κ3) is 3.48. The van der Waals surface area contributed by atoms with E-state index in [-0.39, 0.29) is 0 Å². The van der Waals surface area contributed by atoms with E-state index in [1.807, 2.05) is 0 Å². The number of allylic oxidation sites excluding steroid dienone is 2. The Labute approximate surface area is 134 Å². The first-order chi connectivity index (χ1) is 10.4. The van der Waals surface area contributed by atoms with Gasteiger partial charge in [-0.05, 0) is 0 Å². The topological polar surface area (TPSA) is 0 Å². The molecule has 21 heavy (non-hydrogen) atoms. The molecule has 1 atom stereocenters. The van der Waals surface area contributed by atoms with E-state index in [2.05, 4.69) is 67.6 Å². The summed E-state index contributed by atoms with van der Waals surface area (Å²) in [4.78, 5) is 0. The van der Waals surface area contributed by atoms with Gasteiger partial charge in [-0.25, -0.2) is 0 Å². The molecule has 0 heterocycles. The average Bonchev–Trinajstić information content (AvgIpc) is 2.52. The van der Waals surface area contributed by atoms with Gasteiger partial charge in [0, 0.05) is 0 Å². The molecule has 0 N–H and O–H groups in total. The van der Waals surface area contributed by atoms with Crippen LogP contribution in [0.1, 0.15) is 38.2 Å². The van der Waals surface area contributed by atoms with Crippen LogP contribution in [0.4, 0.5) is 0 Å². The predicted octanol–water partition coefficient (Wildman–Crippen LogP) is 4.64. The van der Waals surface area contributed by atoms with Crippen molar-refractivity contribution in [3.63, 3.8) is 0 Å². The van der Waals surface area contributed by atoms with Gasteiger partial charge in [0.05, 0.1) is 0 Å². The minimum atomic E-state index is 0.495. The first kappa shape index (κ1) is 14.6. The van der Waals surface area contributed by atoms with Crippen molar-refractivity contribution in [1.82, 2.24) is 0 Å². The van der Waals surface area contributed by atoms with Gasteiger partial charge in [-0.2, -0.15) is 0 Å². The maximum atomic E-state index is 2.29. The van der Waals surface area contributed by atoms with Crippen molar-refractivity contribution in [2.75, 3.05) is 0 Å². The quantitative estimate of drug-likeness (QED) is 0.672. The first-order valence-electron chi connectivity index (χ1n) is 7.90. The van der Waals surface area contributed by atoms with Crippen LogP contribution >= 0.6 is 0 Å². The molecule has 2 aromatic carbocycles. The van der Waals surface area contributed by atoms with Crippen LogP contribution in [0.15, 0.2) is 65.1 Å². The van der Waals surface area contributed by atoms with Crippen molar-refractivity contribution in [3.8, 4) is 0 Å². The molecule has 2 aromatic rings. The normalized spacial score (nSPS) is 17.7. The molecule has 0 spiro atoms. The molecule has 0 nitrogen and oxygen atoms in total. The molecule has 0 fully saturated rings. The zero-order chi connectivity index (χ0) is 14.5. The molecule has 108 valence electrons. The first-order valence-corrected chi connectivity index (χ1v) is 9.61. The molecule has 0 bridgehead atoms. The summed E-state index contributed by atoms with van der Waals surface area (Å²) in [6.45, 7) is 2.29. The molecule has 0 radical (unpaired) electrons. The monoisotopic (exact) mass is 342 g/mol. The number of unbranched alkanes of at least 4 members (excludes halogenated alkanes) is 1. The van der Waals surface area contributed by atoms with Gasteiger partial charge in [-0.1, -0.05) is 0 Å². The summed E-state index contributed by atoms with van der Waals surface area (Å²) in [6.07, 6.45) is 5.33. The average molecular weight is 341 g/mol. The molecule has 3 rings (SSSR count). The Kier molecular flexibility index (Phi) is 4.95. The van der Waals surface area contributed by atoms with E-state index < -0.39 is 0 Å². The molecule has 0 aromatic heterocycles. The molecular formula is C20H22Se. The van der Waals surface area contributed by atoms with Crippen molar-refractivity contribution in [1.29, 1.82) is 0 Å². The van der Waals surface area contributed by atoms with E-state index in [0.29, 0.717) is 15.0 Å². The van der Waals surface area contributed by atoms with Crippen LogP contribution in [0.2, 0.25) is 0 Å². The van der Waals surface area contributed by atoms with Crippen molar-refractivity contribution in [2.45, 2.75) is 32.6 Å².